The molecule has 0 saturated heterocycles. The van der Waals surface area contributed by atoms with Gasteiger partial charge in [-0.25, -0.2) is 17.9 Å². The fraction of sp³-hybridized carbons (Fsp3) is 0.545. The number of unbranched alkanes of at least 4 members (excludes halogenated alkanes) is 1. The van der Waals surface area contributed by atoms with Crippen LogP contribution in [0.3, 0.4) is 0 Å². The van der Waals surface area contributed by atoms with Crippen molar-refractivity contribution in [2.45, 2.75) is 70.0 Å². The average Bonchev–Trinajstić information content (AvgIpc) is 2.76. The molecule has 0 heterocycles. The third-order valence-electron chi connectivity index (χ3n) is 4.90. The van der Waals surface area contributed by atoms with Gasteiger partial charge in [0.05, 0.1) is 12.0 Å². The number of esters is 1. The van der Waals surface area contributed by atoms with Crippen LogP contribution in [0.2, 0.25) is 0 Å². The highest BCUT2D eigenvalue weighted by atomic mass is 32.2. The second-order valence-electron chi connectivity index (χ2n) is 7.94. The van der Waals surface area contributed by atoms with Crippen LogP contribution in [0, 0.1) is 6.92 Å². The number of carbonyl (C=O) groups excluding carboxylic acids is 4. The average molecular weight is 499 g/mol. The summed E-state index contributed by atoms with van der Waals surface area (Å²) in [6.45, 7) is 6.19. The van der Waals surface area contributed by atoms with Gasteiger partial charge < -0.3 is 20.7 Å². The molecule has 0 fully saturated rings. The number of hydrogen-bond donors (Lipinski definition) is 4. The molecule has 3 atom stereocenters. The molecule has 0 unspecified atom stereocenters. The molecule has 4 N–H and O–H groups in total. The number of amides is 3. The van der Waals surface area contributed by atoms with Crippen molar-refractivity contribution in [3.8, 4) is 0 Å². The first-order chi connectivity index (χ1) is 15.9. The number of aryl methyl sites for hydroxylation is 1. The van der Waals surface area contributed by atoms with Crippen molar-refractivity contribution in [3.63, 3.8) is 0 Å². The van der Waals surface area contributed by atoms with Gasteiger partial charge in [0.2, 0.25) is 27.7 Å². The standard InChI is InChI=1S/C22H34N4O7S/c1-14-9-11-18(12-10-14)34(31,32)23-13-7-6-8-19(21(29)25-16(3)22(30)33-5)26-20(28)15(2)24-17(4)27/h9-12,15-16,19,23H,6-8,13H2,1-5H3,(H,24,27)(H,25,29)(H,26,28)/t15-,16-,19-/m0/s1. The number of nitrogens with one attached hydrogen (secondary N) is 4. The Morgan fingerprint density at radius 1 is 0.912 bits per heavy atom. The minimum Gasteiger partial charge on any atom is -0.467 e. The molecular formula is C22H34N4O7S. The van der Waals surface area contributed by atoms with E-state index in [-0.39, 0.29) is 17.9 Å². The van der Waals surface area contributed by atoms with Crippen LogP contribution < -0.4 is 20.7 Å². The lowest BCUT2D eigenvalue weighted by Crippen LogP contribution is -2.54. The van der Waals surface area contributed by atoms with E-state index in [9.17, 15) is 27.6 Å². The minimum absolute atomic E-state index is 0.138. The van der Waals surface area contributed by atoms with Crippen LogP contribution >= 0.6 is 0 Å². The van der Waals surface area contributed by atoms with Crippen molar-refractivity contribution in [2.24, 2.45) is 0 Å². The third kappa shape index (κ3) is 9.87. The molecule has 0 spiro atoms. The maximum atomic E-state index is 12.7. The normalized spacial score (nSPS) is 13.8. The van der Waals surface area contributed by atoms with Crippen molar-refractivity contribution in [1.82, 2.24) is 20.7 Å². The summed E-state index contributed by atoms with van der Waals surface area (Å²) in [5.41, 5.74) is 0.944. The van der Waals surface area contributed by atoms with Gasteiger partial charge in [-0.15, -0.1) is 0 Å². The first-order valence-corrected chi connectivity index (χ1v) is 12.4. The summed E-state index contributed by atoms with van der Waals surface area (Å²) in [6, 6.07) is 3.66. The van der Waals surface area contributed by atoms with Gasteiger partial charge in [0, 0.05) is 13.5 Å². The van der Waals surface area contributed by atoms with Crippen LogP contribution in [0.15, 0.2) is 29.2 Å². The predicted octanol–water partition coefficient (Wildman–Crippen LogP) is 0.131. The molecule has 0 aliphatic rings. The van der Waals surface area contributed by atoms with E-state index in [4.69, 9.17) is 0 Å². The Kier molecular flexibility index (Phi) is 11.7. The lowest BCUT2D eigenvalue weighted by atomic mass is 10.1. The van der Waals surface area contributed by atoms with Crippen molar-refractivity contribution in [1.29, 1.82) is 0 Å². The maximum Gasteiger partial charge on any atom is 0.328 e. The minimum atomic E-state index is -3.65. The van der Waals surface area contributed by atoms with Crippen LogP contribution in [0.4, 0.5) is 0 Å². The molecule has 0 bridgehead atoms. The van der Waals surface area contributed by atoms with E-state index in [1.165, 1.54) is 40.0 Å². The molecule has 0 aliphatic carbocycles. The highest BCUT2D eigenvalue weighted by Gasteiger charge is 2.26. The van der Waals surface area contributed by atoms with Crippen molar-refractivity contribution in [3.05, 3.63) is 29.8 Å². The molecule has 190 valence electrons. The summed E-state index contributed by atoms with van der Waals surface area (Å²) in [4.78, 5) is 48.0. The largest absolute Gasteiger partial charge is 0.467 e. The fourth-order valence-corrected chi connectivity index (χ4v) is 4.04. The van der Waals surface area contributed by atoms with E-state index < -0.39 is 51.8 Å². The number of ether oxygens (including phenoxy) is 1. The van der Waals surface area contributed by atoms with Crippen LogP contribution in [0.25, 0.3) is 0 Å². The lowest BCUT2D eigenvalue weighted by Gasteiger charge is -2.22. The molecule has 11 nitrogen and oxygen atoms in total. The molecule has 0 aromatic heterocycles. The Balaban J connectivity index is 2.70. The second-order valence-corrected chi connectivity index (χ2v) is 9.71. The molecule has 1 rings (SSSR count). The smallest absolute Gasteiger partial charge is 0.328 e. The molecule has 1 aromatic carbocycles. The van der Waals surface area contributed by atoms with Gasteiger partial charge in [0.25, 0.3) is 0 Å². The number of methoxy groups -OCH3 is 1. The van der Waals surface area contributed by atoms with Crippen molar-refractivity contribution in [2.75, 3.05) is 13.7 Å². The van der Waals surface area contributed by atoms with Gasteiger partial charge in [-0.05, 0) is 52.2 Å². The zero-order valence-electron chi connectivity index (χ0n) is 20.1. The quantitative estimate of drug-likeness (QED) is 0.222. The number of sulfonamides is 1. The van der Waals surface area contributed by atoms with Gasteiger partial charge >= 0.3 is 5.97 Å². The zero-order valence-corrected chi connectivity index (χ0v) is 21.0. The number of rotatable bonds is 13. The monoisotopic (exact) mass is 498 g/mol. The number of hydrogen-bond acceptors (Lipinski definition) is 7. The van der Waals surface area contributed by atoms with Crippen LogP contribution in [-0.4, -0.2) is 63.9 Å². The fourth-order valence-electron chi connectivity index (χ4n) is 2.97. The van der Waals surface area contributed by atoms with E-state index in [0.29, 0.717) is 12.8 Å². The Labute approximate surface area is 200 Å². The highest BCUT2D eigenvalue weighted by Crippen LogP contribution is 2.10. The second kappa shape index (κ2) is 13.7. The van der Waals surface area contributed by atoms with Crippen molar-refractivity contribution < 1.29 is 32.3 Å². The topological polar surface area (TPSA) is 160 Å². The Hall–Kier alpha value is -2.99. The SMILES string of the molecule is COC(=O)[C@H](C)NC(=O)[C@H](CCCCNS(=O)(=O)c1ccc(C)cc1)NC(=O)[C@H](C)NC(C)=O. The van der Waals surface area contributed by atoms with E-state index >= 15 is 0 Å². The summed E-state index contributed by atoms with van der Waals surface area (Å²) in [5, 5.41) is 7.48. The molecule has 34 heavy (non-hydrogen) atoms. The van der Waals surface area contributed by atoms with Gasteiger partial charge in [0.15, 0.2) is 0 Å². The Morgan fingerprint density at radius 2 is 1.53 bits per heavy atom. The summed E-state index contributed by atoms with van der Waals surface area (Å²) < 4.78 is 31.8. The van der Waals surface area contributed by atoms with E-state index in [1.54, 1.807) is 12.1 Å². The molecular weight excluding hydrogens is 464 g/mol. The van der Waals surface area contributed by atoms with E-state index in [2.05, 4.69) is 25.4 Å². The molecule has 0 saturated carbocycles. The van der Waals surface area contributed by atoms with E-state index in [1.807, 2.05) is 6.92 Å². The highest BCUT2D eigenvalue weighted by molar-refractivity contribution is 7.89. The van der Waals surface area contributed by atoms with Crippen LogP contribution in [-0.2, 0) is 33.9 Å². The first-order valence-electron chi connectivity index (χ1n) is 10.9. The number of carbonyl (C=O) groups is 4. The zero-order chi connectivity index (χ0) is 25.9. The summed E-state index contributed by atoms with van der Waals surface area (Å²) >= 11 is 0. The molecule has 1 aromatic rings. The van der Waals surface area contributed by atoms with Crippen LogP contribution in [0.5, 0.6) is 0 Å². The van der Waals surface area contributed by atoms with Gasteiger partial charge in [-0.3, -0.25) is 14.4 Å². The number of benzene rings is 1. The first kappa shape index (κ1) is 29.0. The van der Waals surface area contributed by atoms with Gasteiger partial charge in [-0.2, -0.15) is 0 Å². The van der Waals surface area contributed by atoms with Crippen molar-refractivity contribution >= 4 is 33.7 Å². The Bertz CT molecular complexity index is 964. The summed E-state index contributed by atoms with van der Waals surface area (Å²) in [7, 11) is -2.46. The summed E-state index contributed by atoms with van der Waals surface area (Å²) in [6.07, 6.45) is 0.985. The Morgan fingerprint density at radius 3 is 2.09 bits per heavy atom. The lowest BCUT2D eigenvalue weighted by molar-refractivity contribution is -0.144. The molecule has 3 amide bonds. The maximum absolute atomic E-state index is 12.7. The van der Waals surface area contributed by atoms with Gasteiger partial charge in [-0.1, -0.05) is 17.7 Å². The molecule has 12 heteroatoms. The predicted molar refractivity (Wildman–Crippen MR) is 125 cm³/mol. The van der Waals surface area contributed by atoms with E-state index in [0.717, 1.165) is 5.56 Å². The third-order valence-corrected chi connectivity index (χ3v) is 6.38. The van der Waals surface area contributed by atoms with Crippen LogP contribution in [0.1, 0.15) is 45.6 Å². The molecule has 0 aliphatic heterocycles. The van der Waals surface area contributed by atoms with Gasteiger partial charge in [0.1, 0.15) is 18.1 Å². The summed E-state index contributed by atoms with van der Waals surface area (Å²) in [5.74, 6) is -2.21. The molecule has 0 radical (unpaired) electrons.